The highest BCUT2D eigenvalue weighted by atomic mass is 16.6. The highest BCUT2D eigenvalue weighted by Gasteiger charge is 2.24. The topological polar surface area (TPSA) is 111 Å². The van der Waals surface area contributed by atoms with Crippen LogP contribution in [-0.4, -0.2) is 43.0 Å². The molecule has 1 aromatic rings. The van der Waals surface area contributed by atoms with Gasteiger partial charge >= 0.3 is 5.97 Å². The van der Waals surface area contributed by atoms with E-state index in [0.29, 0.717) is 5.56 Å². The number of nitrogens with zero attached hydrogens (tertiary/aromatic N) is 1. The predicted octanol–water partition coefficient (Wildman–Crippen LogP) is 0.403. The van der Waals surface area contributed by atoms with Crippen LogP contribution < -0.4 is 10.6 Å². The molecule has 1 aromatic carbocycles. The van der Waals surface area contributed by atoms with E-state index < -0.39 is 23.0 Å². The van der Waals surface area contributed by atoms with Crippen LogP contribution in [0.15, 0.2) is 24.3 Å². The van der Waals surface area contributed by atoms with Crippen LogP contribution in [0.3, 0.4) is 0 Å². The summed E-state index contributed by atoms with van der Waals surface area (Å²) in [7, 11) is 2.87. The molecule has 1 amide bonds. The lowest BCUT2D eigenvalue weighted by Gasteiger charge is -2.19. The van der Waals surface area contributed by atoms with E-state index in [-0.39, 0.29) is 18.0 Å². The van der Waals surface area contributed by atoms with E-state index in [1.807, 2.05) is 0 Å². The Morgan fingerprint density at radius 1 is 1.32 bits per heavy atom. The molecule has 8 heteroatoms. The summed E-state index contributed by atoms with van der Waals surface area (Å²) in [6.45, 7) is 1.66. The molecule has 0 aliphatic rings. The molecule has 0 aromatic heterocycles. The number of esters is 1. The van der Waals surface area contributed by atoms with Gasteiger partial charge in [-0.05, 0) is 19.5 Å². The number of benzene rings is 1. The molecule has 0 heterocycles. The Balaban J connectivity index is 2.82. The molecular formula is C14H19N3O5. The van der Waals surface area contributed by atoms with E-state index in [1.54, 1.807) is 26.1 Å². The number of ether oxygens (including phenoxy) is 1. The quantitative estimate of drug-likeness (QED) is 0.428. The van der Waals surface area contributed by atoms with Crippen molar-refractivity contribution in [1.29, 1.82) is 0 Å². The maximum atomic E-state index is 11.9. The fourth-order valence-electron chi connectivity index (χ4n) is 1.75. The van der Waals surface area contributed by atoms with Crippen molar-refractivity contribution in [1.82, 2.24) is 10.6 Å². The van der Waals surface area contributed by atoms with Crippen LogP contribution in [-0.2, 0) is 20.7 Å². The molecule has 0 fully saturated rings. The minimum absolute atomic E-state index is 0.0359. The van der Waals surface area contributed by atoms with Crippen LogP contribution in [0.4, 0.5) is 5.69 Å². The summed E-state index contributed by atoms with van der Waals surface area (Å²) in [6, 6.07) is 4.48. The maximum Gasteiger partial charge on any atom is 0.328 e. The molecule has 120 valence electrons. The van der Waals surface area contributed by atoms with Gasteiger partial charge in [0.05, 0.1) is 18.1 Å². The van der Waals surface area contributed by atoms with Gasteiger partial charge < -0.3 is 15.4 Å². The summed E-state index contributed by atoms with van der Waals surface area (Å²) in [5, 5.41) is 16.0. The lowest BCUT2D eigenvalue weighted by Crippen LogP contribution is -2.49. The second kappa shape index (κ2) is 8.08. The molecule has 0 spiro atoms. The SMILES string of the molecule is CN[C@@H](C)C(=O)N[C@@H](Cc1ccc([N+](=O)[O-])cc1)C(=O)OC. The minimum Gasteiger partial charge on any atom is -0.467 e. The fraction of sp³-hybridized carbons (Fsp3) is 0.429. The Hall–Kier alpha value is -2.48. The molecule has 0 unspecified atom stereocenters. The molecule has 0 radical (unpaired) electrons. The minimum atomic E-state index is -0.852. The molecule has 0 saturated carbocycles. The lowest BCUT2D eigenvalue weighted by atomic mass is 10.1. The Bertz CT molecular complexity index is 544. The van der Waals surface area contributed by atoms with Crippen LogP contribution in [0.2, 0.25) is 0 Å². The lowest BCUT2D eigenvalue weighted by molar-refractivity contribution is -0.384. The average molecular weight is 309 g/mol. The van der Waals surface area contributed by atoms with E-state index in [4.69, 9.17) is 0 Å². The summed E-state index contributed by atoms with van der Waals surface area (Å²) < 4.78 is 4.68. The van der Waals surface area contributed by atoms with Gasteiger partial charge in [-0.3, -0.25) is 14.9 Å². The standard InChI is InChI=1S/C14H19N3O5/c1-9(15-2)13(18)16-12(14(19)22-3)8-10-4-6-11(7-5-10)17(20)21/h4-7,9,12,15H,8H2,1-3H3,(H,16,18)/t9-,12-/m0/s1. The monoisotopic (exact) mass is 309 g/mol. The van der Waals surface area contributed by atoms with Crippen molar-refractivity contribution in [2.24, 2.45) is 0 Å². The zero-order valence-corrected chi connectivity index (χ0v) is 12.7. The van der Waals surface area contributed by atoms with Crippen molar-refractivity contribution >= 4 is 17.6 Å². The number of carbonyl (C=O) groups is 2. The number of amides is 1. The van der Waals surface area contributed by atoms with E-state index in [0.717, 1.165) is 0 Å². The van der Waals surface area contributed by atoms with Gasteiger partial charge in [0, 0.05) is 18.6 Å². The number of carbonyl (C=O) groups excluding carboxylic acids is 2. The van der Waals surface area contributed by atoms with Crippen molar-refractivity contribution < 1.29 is 19.2 Å². The highest BCUT2D eigenvalue weighted by Crippen LogP contribution is 2.13. The first kappa shape index (κ1) is 17.6. The Labute approximate surface area is 128 Å². The smallest absolute Gasteiger partial charge is 0.328 e. The van der Waals surface area contributed by atoms with Crippen LogP contribution >= 0.6 is 0 Å². The first-order valence-electron chi connectivity index (χ1n) is 6.67. The molecule has 22 heavy (non-hydrogen) atoms. The van der Waals surface area contributed by atoms with Crippen LogP contribution in [0.25, 0.3) is 0 Å². The molecule has 0 saturated heterocycles. The first-order chi connectivity index (χ1) is 10.4. The zero-order chi connectivity index (χ0) is 16.7. The summed E-state index contributed by atoms with van der Waals surface area (Å²) >= 11 is 0. The van der Waals surface area contributed by atoms with Gasteiger partial charge in [-0.15, -0.1) is 0 Å². The highest BCUT2D eigenvalue weighted by molar-refractivity contribution is 5.87. The average Bonchev–Trinajstić information content (AvgIpc) is 2.52. The van der Waals surface area contributed by atoms with Gasteiger partial charge in [0.25, 0.3) is 5.69 Å². The van der Waals surface area contributed by atoms with Crippen molar-refractivity contribution in [3.63, 3.8) is 0 Å². The van der Waals surface area contributed by atoms with Gasteiger partial charge in [-0.25, -0.2) is 4.79 Å². The molecular weight excluding hydrogens is 290 g/mol. The van der Waals surface area contributed by atoms with Crippen molar-refractivity contribution in [3.8, 4) is 0 Å². The van der Waals surface area contributed by atoms with Crippen LogP contribution in [0, 0.1) is 10.1 Å². The van der Waals surface area contributed by atoms with Crippen molar-refractivity contribution in [3.05, 3.63) is 39.9 Å². The molecule has 2 N–H and O–H groups in total. The van der Waals surface area contributed by atoms with Gasteiger partial charge in [-0.1, -0.05) is 12.1 Å². The third-order valence-electron chi connectivity index (χ3n) is 3.22. The maximum absolute atomic E-state index is 11.9. The number of hydrogen-bond donors (Lipinski definition) is 2. The van der Waals surface area contributed by atoms with Gasteiger partial charge in [0.2, 0.25) is 5.91 Å². The number of methoxy groups -OCH3 is 1. The Kier molecular flexibility index (Phi) is 6.46. The second-order valence-corrected chi connectivity index (χ2v) is 4.72. The van der Waals surface area contributed by atoms with E-state index in [1.165, 1.54) is 19.2 Å². The number of nitro benzene ring substituents is 1. The van der Waals surface area contributed by atoms with Crippen molar-refractivity contribution in [2.75, 3.05) is 14.2 Å². The number of rotatable bonds is 7. The summed E-state index contributed by atoms with van der Waals surface area (Å²) in [6.07, 6.45) is 0.187. The number of hydrogen-bond acceptors (Lipinski definition) is 6. The second-order valence-electron chi connectivity index (χ2n) is 4.72. The molecule has 1 rings (SSSR count). The van der Waals surface area contributed by atoms with Crippen LogP contribution in [0.1, 0.15) is 12.5 Å². The van der Waals surface area contributed by atoms with E-state index in [2.05, 4.69) is 15.4 Å². The summed E-state index contributed by atoms with van der Waals surface area (Å²) in [4.78, 5) is 33.7. The molecule has 0 aliphatic carbocycles. The molecule has 0 bridgehead atoms. The van der Waals surface area contributed by atoms with Crippen LogP contribution in [0.5, 0.6) is 0 Å². The molecule has 0 aliphatic heterocycles. The van der Waals surface area contributed by atoms with E-state index >= 15 is 0 Å². The Morgan fingerprint density at radius 2 is 1.91 bits per heavy atom. The van der Waals surface area contributed by atoms with E-state index in [9.17, 15) is 19.7 Å². The number of non-ortho nitro benzene ring substituents is 1. The molecule has 8 nitrogen and oxygen atoms in total. The fourth-order valence-corrected chi connectivity index (χ4v) is 1.75. The van der Waals surface area contributed by atoms with Crippen molar-refractivity contribution in [2.45, 2.75) is 25.4 Å². The third kappa shape index (κ3) is 4.81. The van der Waals surface area contributed by atoms with Gasteiger partial charge in [0.1, 0.15) is 6.04 Å². The first-order valence-corrected chi connectivity index (χ1v) is 6.67. The largest absolute Gasteiger partial charge is 0.467 e. The summed E-state index contributed by atoms with van der Waals surface area (Å²) in [5.74, 6) is -0.908. The zero-order valence-electron chi connectivity index (χ0n) is 12.7. The number of nitrogens with one attached hydrogen (secondary N) is 2. The number of likely N-dealkylation sites (N-methyl/N-ethyl adjacent to an activating group) is 1. The Morgan fingerprint density at radius 3 is 2.36 bits per heavy atom. The number of nitro groups is 1. The van der Waals surface area contributed by atoms with Gasteiger partial charge in [-0.2, -0.15) is 0 Å². The van der Waals surface area contributed by atoms with Gasteiger partial charge in [0.15, 0.2) is 0 Å². The molecule has 2 atom stereocenters. The summed E-state index contributed by atoms with van der Waals surface area (Å²) in [5.41, 5.74) is 0.643. The third-order valence-corrected chi connectivity index (χ3v) is 3.22. The normalized spacial score (nSPS) is 13.0. The predicted molar refractivity (Wildman–Crippen MR) is 79.3 cm³/mol.